The lowest BCUT2D eigenvalue weighted by Gasteiger charge is -2.22. The number of hydrogen-bond acceptors (Lipinski definition) is 5. The van der Waals surface area contributed by atoms with Gasteiger partial charge in [-0.15, -0.1) is 10.2 Å². The molecule has 0 saturated heterocycles. The Morgan fingerprint density at radius 1 is 1.22 bits per heavy atom. The third-order valence-electron chi connectivity index (χ3n) is 4.58. The minimum Gasteiger partial charge on any atom is -0.335 e. The third kappa shape index (κ3) is 3.28. The third-order valence-corrected chi connectivity index (χ3v) is 5.84. The molecule has 1 aromatic heterocycles. The van der Waals surface area contributed by atoms with Crippen molar-refractivity contribution in [3.8, 4) is 11.4 Å². The number of rotatable bonds is 4. The summed E-state index contributed by atoms with van der Waals surface area (Å²) in [4.78, 5) is 14.7. The van der Waals surface area contributed by atoms with Crippen molar-refractivity contribution < 1.29 is 4.79 Å². The van der Waals surface area contributed by atoms with Gasteiger partial charge in [-0.25, -0.2) is 4.68 Å². The molecule has 2 N–H and O–H groups in total. The van der Waals surface area contributed by atoms with Crippen LogP contribution >= 0.6 is 23.4 Å². The van der Waals surface area contributed by atoms with E-state index in [1.807, 2.05) is 41.3 Å². The van der Waals surface area contributed by atoms with Crippen molar-refractivity contribution in [3.05, 3.63) is 59.1 Å². The lowest BCUT2D eigenvalue weighted by atomic mass is 10.1. The Morgan fingerprint density at radius 2 is 1.96 bits per heavy atom. The Kier molecular flexibility index (Phi) is 4.80. The molecule has 0 radical (unpaired) electrons. The molecule has 8 heteroatoms. The van der Waals surface area contributed by atoms with Gasteiger partial charge in [0.1, 0.15) is 0 Å². The zero-order valence-electron chi connectivity index (χ0n) is 14.7. The van der Waals surface area contributed by atoms with Gasteiger partial charge in [0.05, 0.1) is 10.8 Å². The molecule has 1 aliphatic heterocycles. The van der Waals surface area contributed by atoms with Crippen LogP contribution in [0.5, 0.6) is 0 Å². The summed E-state index contributed by atoms with van der Waals surface area (Å²) in [5.41, 5.74) is 2.89. The number of nitrogens with zero attached hydrogens (tertiary/aromatic N) is 4. The van der Waals surface area contributed by atoms with Crippen LogP contribution in [0.4, 0.5) is 5.69 Å². The second-order valence-corrected chi connectivity index (χ2v) is 7.74. The van der Waals surface area contributed by atoms with Gasteiger partial charge in [-0.2, -0.15) is 0 Å². The van der Waals surface area contributed by atoms with Crippen LogP contribution in [0.1, 0.15) is 12.5 Å². The zero-order chi connectivity index (χ0) is 19.0. The topological polar surface area (TPSA) is 77.0 Å². The molecule has 1 atom stereocenters. The normalized spacial score (nSPS) is 15.8. The highest BCUT2D eigenvalue weighted by Crippen LogP contribution is 2.33. The van der Waals surface area contributed by atoms with Crippen molar-refractivity contribution >= 4 is 35.0 Å². The summed E-state index contributed by atoms with van der Waals surface area (Å²) in [5, 5.41) is 9.27. The highest BCUT2D eigenvalue weighted by molar-refractivity contribution is 7.99. The lowest BCUT2D eigenvalue weighted by Crippen LogP contribution is -2.37. The molecule has 0 aliphatic carbocycles. The van der Waals surface area contributed by atoms with Crippen LogP contribution in [0.25, 0.3) is 11.4 Å². The molecule has 4 rings (SSSR count). The van der Waals surface area contributed by atoms with Gasteiger partial charge >= 0.3 is 0 Å². The number of halogens is 1. The van der Waals surface area contributed by atoms with Gasteiger partial charge < -0.3 is 10.7 Å². The molecule has 2 heterocycles. The van der Waals surface area contributed by atoms with Crippen LogP contribution in [0.3, 0.4) is 0 Å². The highest BCUT2D eigenvalue weighted by Gasteiger charge is 2.30. The number of anilines is 1. The molecule has 2 aromatic carbocycles. The van der Waals surface area contributed by atoms with Crippen LogP contribution in [-0.4, -0.2) is 32.6 Å². The highest BCUT2D eigenvalue weighted by atomic mass is 35.5. The van der Waals surface area contributed by atoms with Gasteiger partial charge in [-0.05, 0) is 37.1 Å². The molecule has 0 saturated carbocycles. The van der Waals surface area contributed by atoms with Crippen molar-refractivity contribution in [1.82, 2.24) is 14.9 Å². The molecule has 6 nitrogen and oxygen atoms in total. The van der Waals surface area contributed by atoms with E-state index in [1.54, 1.807) is 6.07 Å². The van der Waals surface area contributed by atoms with E-state index in [0.29, 0.717) is 21.6 Å². The van der Waals surface area contributed by atoms with Gasteiger partial charge in [0.15, 0.2) is 5.82 Å². The molecule has 0 fully saturated rings. The number of aromatic nitrogens is 3. The fourth-order valence-electron chi connectivity index (χ4n) is 3.34. The molecule has 0 bridgehead atoms. The molecular formula is C19H18ClN5OS. The van der Waals surface area contributed by atoms with E-state index in [-0.39, 0.29) is 17.7 Å². The number of para-hydroxylation sites is 1. The summed E-state index contributed by atoms with van der Waals surface area (Å²) >= 11 is 7.48. The number of hydrogen-bond donors (Lipinski definition) is 1. The Labute approximate surface area is 166 Å². The number of amides is 1. The first-order valence-electron chi connectivity index (χ1n) is 8.54. The molecular weight excluding hydrogens is 382 g/mol. The molecule has 1 amide bonds. The molecule has 138 valence electrons. The number of nitrogens with two attached hydrogens (primary N) is 1. The van der Waals surface area contributed by atoms with Crippen LogP contribution in [-0.2, 0) is 11.2 Å². The van der Waals surface area contributed by atoms with Crippen LogP contribution in [0.2, 0.25) is 5.02 Å². The van der Waals surface area contributed by atoms with Gasteiger partial charge in [0.2, 0.25) is 11.1 Å². The first-order chi connectivity index (χ1) is 13.1. The molecule has 0 spiro atoms. The SMILES string of the molecule is C[C@H]1Cc2ccccc2N1C(=O)CSc1nnc(-c2ccccc2Cl)n1N. The summed E-state index contributed by atoms with van der Waals surface area (Å²) in [6, 6.07) is 15.5. The Balaban J connectivity index is 1.50. The van der Waals surface area contributed by atoms with Crippen molar-refractivity contribution in [1.29, 1.82) is 0 Å². The van der Waals surface area contributed by atoms with Crippen LogP contribution in [0.15, 0.2) is 53.7 Å². The lowest BCUT2D eigenvalue weighted by molar-refractivity contribution is -0.116. The Hall–Kier alpha value is -2.51. The van der Waals surface area contributed by atoms with Gasteiger partial charge in [0.25, 0.3) is 0 Å². The largest absolute Gasteiger partial charge is 0.335 e. The molecule has 1 aliphatic rings. The average Bonchev–Trinajstić information content (AvgIpc) is 3.19. The maximum atomic E-state index is 12.8. The number of fused-ring (bicyclic) bond motifs is 1. The summed E-state index contributed by atoms with van der Waals surface area (Å²) in [7, 11) is 0. The monoisotopic (exact) mass is 399 g/mol. The fraction of sp³-hybridized carbons (Fsp3) is 0.211. The molecule has 3 aromatic rings. The summed E-state index contributed by atoms with van der Waals surface area (Å²) in [5.74, 6) is 6.86. The Morgan fingerprint density at radius 3 is 2.78 bits per heavy atom. The van der Waals surface area contributed by atoms with Crippen molar-refractivity contribution in [2.45, 2.75) is 24.5 Å². The predicted molar refractivity (Wildman–Crippen MR) is 108 cm³/mol. The first kappa shape index (κ1) is 17.9. The van der Waals surface area contributed by atoms with Crippen LogP contribution < -0.4 is 10.7 Å². The van der Waals surface area contributed by atoms with E-state index in [9.17, 15) is 4.79 Å². The standard InChI is InChI=1S/C19H18ClN5OS/c1-12-10-13-6-2-5-9-16(13)24(12)17(26)11-27-19-23-22-18(25(19)21)14-7-3-4-8-15(14)20/h2-9,12H,10-11,21H2,1H3/t12-/m0/s1. The minimum atomic E-state index is 0.0275. The minimum absolute atomic E-state index is 0.0275. The number of nitrogen functional groups attached to an aromatic ring is 1. The Bertz CT molecular complexity index is 1010. The smallest absolute Gasteiger partial charge is 0.237 e. The quantitative estimate of drug-likeness (QED) is 0.537. The van der Waals surface area contributed by atoms with E-state index in [2.05, 4.69) is 23.2 Å². The van der Waals surface area contributed by atoms with E-state index < -0.39 is 0 Å². The number of carbonyl (C=O) groups excluding carboxylic acids is 1. The van der Waals surface area contributed by atoms with E-state index in [4.69, 9.17) is 17.4 Å². The van der Waals surface area contributed by atoms with Gasteiger partial charge in [-0.3, -0.25) is 4.79 Å². The first-order valence-corrected chi connectivity index (χ1v) is 9.90. The maximum absolute atomic E-state index is 12.8. The second kappa shape index (κ2) is 7.25. The van der Waals surface area contributed by atoms with Crippen LogP contribution in [0, 0.1) is 0 Å². The summed E-state index contributed by atoms with van der Waals surface area (Å²) < 4.78 is 1.38. The predicted octanol–water partition coefficient (Wildman–Crippen LogP) is 3.38. The fourth-order valence-corrected chi connectivity index (χ4v) is 4.28. The van der Waals surface area contributed by atoms with Crippen molar-refractivity contribution in [3.63, 3.8) is 0 Å². The van der Waals surface area contributed by atoms with E-state index >= 15 is 0 Å². The van der Waals surface area contributed by atoms with Crippen molar-refractivity contribution in [2.75, 3.05) is 16.5 Å². The average molecular weight is 400 g/mol. The maximum Gasteiger partial charge on any atom is 0.237 e. The number of thioether (sulfide) groups is 1. The zero-order valence-corrected chi connectivity index (χ0v) is 16.2. The molecule has 0 unspecified atom stereocenters. The van der Waals surface area contributed by atoms with Gasteiger partial charge in [0, 0.05) is 17.3 Å². The number of benzene rings is 2. The second-order valence-electron chi connectivity index (χ2n) is 6.39. The van der Waals surface area contributed by atoms with E-state index in [0.717, 1.165) is 12.1 Å². The molecule has 27 heavy (non-hydrogen) atoms. The summed E-state index contributed by atoms with van der Waals surface area (Å²) in [6.07, 6.45) is 0.871. The van der Waals surface area contributed by atoms with Gasteiger partial charge in [-0.1, -0.05) is 53.7 Å². The van der Waals surface area contributed by atoms with E-state index in [1.165, 1.54) is 22.0 Å². The van der Waals surface area contributed by atoms with Crippen molar-refractivity contribution in [2.24, 2.45) is 0 Å². The number of carbonyl (C=O) groups is 1. The summed E-state index contributed by atoms with van der Waals surface area (Å²) in [6.45, 7) is 2.06.